The largest absolute Gasteiger partial charge is 0.496 e. The molecule has 0 aliphatic heterocycles. The highest BCUT2D eigenvalue weighted by Gasteiger charge is 2.43. The Morgan fingerprint density at radius 2 is 1.04 bits per heavy atom. The van der Waals surface area contributed by atoms with E-state index >= 15 is 0 Å². The molecule has 2 aromatic carbocycles. The van der Waals surface area contributed by atoms with Crippen LogP contribution in [0.2, 0.25) is 0 Å². The molecule has 4 aromatic heterocycles. The molecule has 2 saturated carbocycles. The molecular weight excluding hydrogens is 1300 g/mol. The number of hydrogen-bond donors (Lipinski definition) is 5. The first-order valence-corrected chi connectivity index (χ1v) is 32.4. The summed E-state index contributed by atoms with van der Waals surface area (Å²) in [7, 11) is 5.60. The maximum Gasteiger partial charge on any atom is 0.436 e. The highest BCUT2D eigenvalue weighted by Crippen LogP contribution is 2.36. The van der Waals surface area contributed by atoms with Gasteiger partial charge in [0.15, 0.2) is 41.1 Å². The number of alkyl halides is 7. The minimum atomic E-state index is -4.94. The van der Waals surface area contributed by atoms with Gasteiger partial charge in [-0.05, 0) is 113 Å². The number of ketones is 6. The van der Waals surface area contributed by atoms with Crippen LogP contribution in [0.3, 0.4) is 0 Å². The van der Waals surface area contributed by atoms with E-state index in [1.54, 1.807) is 37.4 Å². The average Bonchev–Trinajstić information content (AvgIpc) is 1.68. The molecule has 4 heterocycles. The number of fused-ring (bicyclic) bond motifs is 2. The van der Waals surface area contributed by atoms with Gasteiger partial charge in [0.2, 0.25) is 11.8 Å². The summed E-state index contributed by atoms with van der Waals surface area (Å²) < 4.78 is 95.1. The van der Waals surface area contributed by atoms with Gasteiger partial charge >= 0.3 is 24.3 Å². The number of H-pyrrole nitrogens is 2. The third-order valence-electron chi connectivity index (χ3n) is 17.3. The second-order valence-electron chi connectivity index (χ2n) is 25.3. The lowest BCUT2D eigenvalue weighted by Crippen LogP contribution is -2.47. The molecule has 2 aliphatic carbocycles. The molecule has 29 heteroatoms. The van der Waals surface area contributed by atoms with Gasteiger partial charge in [0, 0.05) is 85.3 Å². The summed E-state index contributed by atoms with van der Waals surface area (Å²) in [6, 6.07) is 12.2. The molecule has 0 bridgehead atoms. The van der Waals surface area contributed by atoms with E-state index in [4.69, 9.17) is 30.9 Å². The Morgan fingerprint density at radius 3 is 1.40 bits per heavy atom. The van der Waals surface area contributed by atoms with E-state index in [9.17, 15) is 74.3 Å². The Bertz CT molecular complexity index is 3860. The number of halogens is 7. The van der Waals surface area contributed by atoms with Crippen LogP contribution < -0.4 is 20.1 Å². The number of carboxylic acid groups (broad SMARTS) is 1. The average molecular weight is 1390 g/mol. The Morgan fingerprint density at radius 1 is 0.639 bits per heavy atom. The van der Waals surface area contributed by atoms with Gasteiger partial charge in [0.05, 0.1) is 55.0 Å². The predicted octanol–water partition coefficient (Wildman–Crippen LogP) is 11.8. The topological polar surface area (TPSA) is 310 Å². The molecule has 6 aromatic rings. The summed E-state index contributed by atoms with van der Waals surface area (Å²) in [5, 5.41) is 22.1. The number of hydrogen-bond acceptors (Lipinski definition) is 15. The maximum absolute atomic E-state index is 13.7. The molecule has 2 aliphatic rings. The Hall–Kier alpha value is -8.69. The quantitative estimate of drug-likeness (QED) is 0.0138. The van der Waals surface area contributed by atoms with Crippen LogP contribution in [0.5, 0.6) is 11.5 Å². The number of aromatic nitrogens is 6. The summed E-state index contributed by atoms with van der Waals surface area (Å²) in [5.41, 5.74) is -2.37. The van der Waals surface area contributed by atoms with Gasteiger partial charge < -0.3 is 39.9 Å². The molecule has 2 amide bonds. The third-order valence-corrected chi connectivity index (χ3v) is 17.6. The van der Waals surface area contributed by atoms with Gasteiger partial charge in [-0.25, -0.2) is 9.59 Å². The van der Waals surface area contributed by atoms with Crippen LogP contribution in [0.1, 0.15) is 182 Å². The zero-order valence-corrected chi connectivity index (χ0v) is 56.5. The Balaban J connectivity index is 0.000000263. The van der Waals surface area contributed by atoms with Crippen molar-refractivity contribution in [1.29, 1.82) is 0 Å². The van der Waals surface area contributed by atoms with Crippen molar-refractivity contribution in [1.82, 2.24) is 40.2 Å². The molecule has 0 radical (unpaired) electrons. The van der Waals surface area contributed by atoms with E-state index in [-0.39, 0.29) is 101 Å². The summed E-state index contributed by atoms with van der Waals surface area (Å²) in [5.74, 6) is -6.57. The number of carboxylic acids is 1. The number of esters is 1. The first-order chi connectivity index (χ1) is 45.6. The molecule has 0 unspecified atom stereocenters. The summed E-state index contributed by atoms with van der Waals surface area (Å²) >= 11 is 5.82. The van der Waals surface area contributed by atoms with E-state index in [0.29, 0.717) is 66.6 Å². The Labute approximate surface area is 561 Å². The van der Waals surface area contributed by atoms with Crippen LogP contribution in [0.4, 0.5) is 26.3 Å². The van der Waals surface area contributed by atoms with Gasteiger partial charge in [-0.15, -0.1) is 11.6 Å². The number of rotatable bonds is 27. The van der Waals surface area contributed by atoms with E-state index in [2.05, 4.69) is 30.8 Å². The number of ether oxygens (including phenoxy) is 3. The fraction of sp³-hybridized carbons (Fsp3) is 0.529. The number of Topliss-reactive ketones (excluding diaryl/α,β-unsaturated/α-hetero) is 6. The number of aromatic carboxylic acids is 1. The van der Waals surface area contributed by atoms with Crippen molar-refractivity contribution in [3.05, 3.63) is 93.8 Å². The lowest BCUT2D eigenvalue weighted by Gasteiger charge is -2.27. The van der Waals surface area contributed by atoms with E-state index in [0.717, 1.165) is 45.9 Å². The maximum atomic E-state index is 13.7. The van der Waals surface area contributed by atoms with Crippen molar-refractivity contribution in [2.45, 2.75) is 156 Å². The SMILES string of the molecule is COc1cccc2[nH]c(C(=O)C[C@@H](CC(C)C)C(=O)N[C@@H](C[C@@H]3CCCCC3=O)C(=O)CCl)cc12.COc1cccc2[nH]c(C(=O)C[C@@H](CC(C)C)C(=O)N[C@@H](C[C@@H]3CCCCC3=O)C(=O)COC(=O)c3c(C(F)(F)F)nn(C)c3C)cc12.Cc1c(C(=O)O)c(C(F)(F)F)nn1C. The van der Waals surface area contributed by atoms with Gasteiger partial charge in [-0.2, -0.15) is 36.5 Å². The van der Waals surface area contributed by atoms with Crippen LogP contribution in [0.15, 0.2) is 48.5 Å². The molecule has 0 saturated heterocycles. The number of nitrogens with one attached hydrogen (secondary N) is 4. The fourth-order valence-electron chi connectivity index (χ4n) is 12.1. The molecule has 5 N–H and O–H groups in total. The van der Waals surface area contributed by atoms with Crippen LogP contribution in [0, 0.1) is 49.4 Å². The number of aromatic amines is 2. The van der Waals surface area contributed by atoms with Crippen molar-refractivity contribution < 1.29 is 93.6 Å². The summed E-state index contributed by atoms with van der Waals surface area (Å²) in [4.78, 5) is 134. The number of methoxy groups -OCH3 is 2. The number of aryl methyl sites for hydroxylation is 2. The van der Waals surface area contributed by atoms with Crippen molar-refractivity contribution in [3.8, 4) is 11.5 Å². The van der Waals surface area contributed by atoms with E-state index in [1.165, 1.54) is 35.1 Å². The molecular formula is C68H83ClF6N8O14. The first-order valence-electron chi connectivity index (χ1n) is 31.9. The first kappa shape index (κ1) is 77.3. The van der Waals surface area contributed by atoms with Crippen LogP contribution in [0.25, 0.3) is 21.8 Å². The Kier molecular flexibility index (Phi) is 27.1. The second kappa shape index (κ2) is 34.0. The predicted molar refractivity (Wildman–Crippen MR) is 344 cm³/mol. The van der Waals surface area contributed by atoms with E-state index < -0.39 is 94.9 Å². The van der Waals surface area contributed by atoms with Gasteiger partial charge in [-0.3, -0.25) is 47.7 Å². The van der Waals surface area contributed by atoms with E-state index in [1.807, 2.05) is 45.9 Å². The number of amides is 2. The van der Waals surface area contributed by atoms with Crippen molar-refractivity contribution >= 4 is 91.9 Å². The summed E-state index contributed by atoms with van der Waals surface area (Å²) in [6.45, 7) is 9.34. The number of carbonyl (C=O) groups is 10. The normalized spacial score (nSPS) is 16.3. The van der Waals surface area contributed by atoms with Gasteiger partial charge in [0.25, 0.3) is 0 Å². The second-order valence-corrected chi connectivity index (χ2v) is 25.6. The number of nitrogens with zero attached hydrogens (tertiary/aromatic N) is 4. The molecule has 22 nitrogen and oxygen atoms in total. The highest BCUT2D eigenvalue weighted by molar-refractivity contribution is 6.28. The van der Waals surface area contributed by atoms with Crippen LogP contribution >= 0.6 is 11.6 Å². The zero-order chi connectivity index (χ0) is 72.0. The van der Waals surface area contributed by atoms with Crippen molar-refractivity contribution in [3.63, 3.8) is 0 Å². The minimum Gasteiger partial charge on any atom is -0.496 e. The lowest BCUT2D eigenvalue weighted by atomic mass is 9.82. The molecule has 2 fully saturated rings. The van der Waals surface area contributed by atoms with Crippen molar-refractivity contribution in [2.24, 2.45) is 49.6 Å². The fourth-order valence-corrected chi connectivity index (χ4v) is 12.3. The molecule has 97 heavy (non-hydrogen) atoms. The number of carbonyl (C=O) groups excluding carboxylic acids is 9. The molecule has 528 valence electrons. The van der Waals surface area contributed by atoms with Gasteiger partial charge in [0.1, 0.15) is 34.2 Å². The number of benzene rings is 2. The lowest BCUT2D eigenvalue weighted by molar-refractivity contribution is -0.142. The summed E-state index contributed by atoms with van der Waals surface area (Å²) in [6.07, 6.45) is -3.53. The third kappa shape index (κ3) is 20.4. The molecule has 8 rings (SSSR count). The minimum absolute atomic E-state index is 0.00284. The smallest absolute Gasteiger partial charge is 0.436 e. The van der Waals surface area contributed by atoms with Crippen molar-refractivity contribution in [2.75, 3.05) is 26.7 Å². The highest BCUT2D eigenvalue weighted by atomic mass is 35.5. The zero-order valence-electron chi connectivity index (χ0n) is 55.7. The van der Waals surface area contributed by atoms with Crippen LogP contribution in [-0.4, -0.2) is 132 Å². The van der Waals surface area contributed by atoms with Gasteiger partial charge in [-0.1, -0.05) is 52.7 Å². The monoisotopic (exact) mass is 1380 g/mol. The molecule has 0 spiro atoms. The van der Waals surface area contributed by atoms with Crippen LogP contribution in [-0.2, 0) is 60.0 Å². The standard InChI is InChI=1S/C34H41F3N4O7.C27H35ClN2O5.C7H7F3N2O2/c1-18(2)13-21(15-27(43)25-16-22-23(38-25)10-8-12-29(22)47-5)32(45)39-24(14-20-9-6-7-11-26(20)42)28(44)17-48-33(46)30-19(3)41(4)40-31(30)34(35,36)37;1-16(2)11-18(13-24(32)22-14-19-20(29-22)8-6-10-26(19)35-3)27(34)30-21(25(33)15-28)12-17-7-4-5-9-23(17)31;1-3-4(6(13)14)5(7(8,9)10)11-12(3)2/h8,10,12,16,18,20-21,24,38H,6-7,9,11,13-15,17H2,1-5H3,(H,39,45);6,8,10,14,16-18,21,29H,4-5,7,9,11-13,15H2,1-3H3,(H,30,34);1-2H3,(H,13,14)/t20-,21+,24-;17-,18+,21-;/m00./s1. The molecule has 6 atom stereocenters.